The van der Waals surface area contributed by atoms with Crippen LogP contribution in [0, 0.1) is 5.82 Å². The number of aromatic amines is 1. The molecular formula is C20H19FN4O4. The van der Waals surface area contributed by atoms with Gasteiger partial charge in [0.15, 0.2) is 18.2 Å². The first-order chi connectivity index (χ1) is 14.0. The van der Waals surface area contributed by atoms with E-state index in [0.717, 1.165) is 0 Å². The molecule has 4 rings (SSSR count). The van der Waals surface area contributed by atoms with Gasteiger partial charge in [0.2, 0.25) is 0 Å². The molecule has 2 aromatic heterocycles. The van der Waals surface area contributed by atoms with E-state index in [2.05, 4.69) is 9.97 Å². The van der Waals surface area contributed by atoms with Gasteiger partial charge in [0.25, 0.3) is 11.5 Å². The van der Waals surface area contributed by atoms with Crippen molar-refractivity contribution in [1.82, 2.24) is 19.4 Å². The van der Waals surface area contributed by atoms with Crippen molar-refractivity contribution in [1.29, 1.82) is 0 Å². The zero-order valence-corrected chi connectivity index (χ0v) is 15.5. The number of para-hydroxylation sites is 1. The zero-order valence-electron chi connectivity index (χ0n) is 15.5. The Morgan fingerprint density at radius 2 is 1.93 bits per heavy atom. The fraction of sp³-hybridized carbons (Fsp3) is 0.300. The number of hydrogen-bond donors (Lipinski definition) is 1. The van der Waals surface area contributed by atoms with Crippen LogP contribution in [-0.4, -0.2) is 45.0 Å². The smallest absolute Gasteiger partial charge is 0.330 e. The number of halogens is 1. The predicted molar refractivity (Wildman–Crippen MR) is 103 cm³/mol. The number of aromatic nitrogens is 3. The molecule has 0 saturated carbocycles. The van der Waals surface area contributed by atoms with Crippen molar-refractivity contribution in [3.05, 3.63) is 69.3 Å². The quantitative estimate of drug-likeness (QED) is 0.718. The second-order valence-corrected chi connectivity index (χ2v) is 6.84. The molecule has 150 valence electrons. The second kappa shape index (κ2) is 7.86. The molecule has 8 nitrogen and oxygen atoms in total. The van der Waals surface area contributed by atoms with Gasteiger partial charge in [0, 0.05) is 25.3 Å². The molecule has 0 radical (unpaired) electrons. The number of H-pyrrole nitrogens is 1. The van der Waals surface area contributed by atoms with Gasteiger partial charge in [0.05, 0.1) is 5.39 Å². The number of rotatable bonds is 4. The van der Waals surface area contributed by atoms with Crippen LogP contribution in [0.25, 0.3) is 11.0 Å². The Labute approximate surface area is 164 Å². The highest BCUT2D eigenvalue weighted by molar-refractivity contribution is 5.78. The highest BCUT2D eigenvalue weighted by Crippen LogP contribution is 2.21. The molecule has 3 aromatic rings. The number of hydrogen-bond acceptors (Lipinski definition) is 5. The number of carbonyl (C=O) groups is 1. The van der Waals surface area contributed by atoms with Gasteiger partial charge in [-0.1, -0.05) is 12.1 Å². The SMILES string of the molecule is O=C(COc1ccccc1F)N1CCC(n2c(=O)[nH]c3ncccc3c2=O)CC1. The number of carbonyl (C=O) groups excluding carboxylic acids is 1. The summed E-state index contributed by atoms with van der Waals surface area (Å²) in [5, 5.41) is 0.351. The normalized spacial score (nSPS) is 14.9. The van der Waals surface area contributed by atoms with Gasteiger partial charge in [-0.25, -0.2) is 14.2 Å². The van der Waals surface area contributed by atoms with Crippen LogP contribution >= 0.6 is 0 Å². The van der Waals surface area contributed by atoms with Crippen LogP contribution < -0.4 is 16.0 Å². The molecule has 1 N–H and O–H groups in total. The van der Waals surface area contributed by atoms with Gasteiger partial charge in [-0.2, -0.15) is 0 Å². The van der Waals surface area contributed by atoms with Crippen LogP contribution in [0.3, 0.4) is 0 Å². The van der Waals surface area contributed by atoms with E-state index >= 15 is 0 Å². The summed E-state index contributed by atoms with van der Waals surface area (Å²) >= 11 is 0. The number of nitrogens with zero attached hydrogens (tertiary/aromatic N) is 3. The molecule has 1 aromatic carbocycles. The van der Waals surface area contributed by atoms with Gasteiger partial charge in [-0.3, -0.25) is 19.1 Å². The fourth-order valence-electron chi connectivity index (χ4n) is 3.56. The monoisotopic (exact) mass is 398 g/mol. The lowest BCUT2D eigenvalue weighted by Crippen LogP contribution is -2.46. The van der Waals surface area contributed by atoms with Crippen molar-refractivity contribution in [2.75, 3.05) is 19.7 Å². The van der Waals surface area contributed by atoms with Crippen LogP contribution in [-0.2, 0) is 4.79 Å². The minimum Gasteiger partial charge on any atom is -0.481 e. The lowest BCUT2D eigenvalue weighted by atomic mass is 10.0. The summed E-state index contributed by atoms with van der Waals surface area (Å²) in [7, 11) is 0. The second-order valence-electron chi connectivity index (χ2n) is 6.84. The number of nitrogens with one attached hydrogen (secondary N) is 1. The van der Waals surface area contributed by atoms with E-state index in [0.29, 0.717) is 31.3 Å². The Balaban J connectivity index is 1.43. The predicted octanol–water partition coefficient (Wildman–Crippen LogP) is 1.47. The summed E-state index contributed by atoms with van der Waals surface area (Å²) in [6.45, 7) is 0.482. The topological polar surface area (TPSA) is 97.3 Å². The summed E-state index contributed by atoms with van der Waals surface area (Å²) < 4.78 is 20.1. The van der Waals surface area contributed by atoms with Gasteiger partial charge in [0.1, 0.15) is 5.65 Å². The fourth-order valence-corrected chi connectivity index (χ4v) is 3.56. The number of pyridine rings is 1. The van der Waals surface area contributed by atoms with Crippen LogP contribution in [0.2, 0.25) is 0 Å². The van der Waals surface area contributed by atoms with E-state index in [-0.39, 0.29) is 35.5 Å². The molecule has 0 spiro atoms. The third-order valence-electron chi connectivity index (χ3n) is 5.07. The van der Waals surface area contributed by atoms with Crippen LogP contribution in [0.15, 0.2) is 52.2 Å². The molecule has 0 aliphatic carbocycles. The summed E-state index contributed by atoms with van der Waals surface area (Å²) in [6, 6.07) is 8.84. The molecule has 0 atom stereocenters. The molecule has 1 aliphatic rings. The Morgan fingerprint density at radius 1 is 1.17 bits per heavy atom. The van der Waals surface area contributed by atoms with Crippen LogP contribution in [0.4, 0.5) is 4.39 Å². The third-order valence-corrected chi connectivity index (χ3v) is 5.07. The van der Waals surface area contributed by atoms with Gasteiger partial charge in [-0.15, -0.1) is 0 Å². The van der Waals surface area contributed by atoms with E-state index in [1.807, 2.05) is 0 Å². The van der Waals surface area contributed by atoms with Crippen molar-refractivity contribution in [2.45, 2.75) is 18.9 Å². The average Bonchev–Trinajstić information content (AvgIpc) is 2.73. The molecule has 9 heteroatoms. The Morgan fingerprint density at radius 3 is 2.69 bits per heavy atom. The molecule has 0 unspecified atom stereocenters. The molecule has 1 aliphatic heterocycles. The molecule has 1 fully saturated rings. The first-order valence-electron chi connectivity index (χ1n) is 9.29. The van der Waals surface area contributed by atoms with Crippen molar-refractivity contribution in [3.8, 4) is 5.75 Å². The van der Waals surface area contributed by atoms with Crippen LogP contribution in [0.5, 0.6) is 5.75 Å². The first kappa shape index (κ1) is 18.9. The lowest BCUT2D eigenvalue weighted by Gasteiger charge is -2.32. The standard InChI is InChI=1S/C20H19FN4O4/c21-15-5-1-2-6-16(15)29-12-17(26)24-10-7-13(8-11-24)25-19(27)14-4-3-9-22-18(14)23-20(25)28/h1-6,9,13H,7-8,10-12H2,(H,22,23,28). The maximum absolute atomic E-state index is 13.6. The highest BCUT2D eigenvalue weighted by Gasteiger charge is 2.26. The Hall–Kier alpha value is -3.49. The Bertz CT molecular complexity index is 1160. The molecule has 3 heterocycles. The zero-order chi connectivity index (χ0) is 20.4. The van der Waals surface area contributed by atoms with Crippen molar-refractivity contribution >= 4 is 16.9 Å². The van der Waals surface area contributed by atoms with Crippen molar-refractivity contribution in [2.24, 2.45) is 0 Å². The number of benzene rings is 1. The lowest BCUT2D eigenvalue weighted by molar-refractivity contribution is -0.134. The number of fused-ring (bicyclic) bond motifs is 1. The number of amides is 1. The van der Waals surface area contributed by atoms with Gasteiger partial charge < -0.3 is 9.64 Å². The number of likely N-dealkylation sites (tertiary alicyclic amines) is 1. The largest absolute Gasteiger partial charge is 0.481 e. The first-order valence-corrected chi connectivity index (χ1v) is 9.29. The van der Waals surface area contributed by atoms with E-state index in [1.165, 1.54) is 22.9 Å². The van der Waals surface area contributed by atoms with Crippen molar-refractivity contribution < 1.29 is 13.9 Å². The van der Waals surface area contributed by atoms with Gasteiger partial charge in [-0.05, 0) is 37.1 Å². The summed E-state index contributed by atoms with van der Waals surface area (Å²) in [4.78, 5) is 45.7. The Kier molecular flexibility index (Phi) is 5.11. The van der Waals surface area contributed by atoms with E-state index < -0.39 is 11.5 Å². The molecule has 0 bridgehead atoms. The molecular weight excluding hydrogens is 379 g/mol. The minimum atomic E-state index is -0.525. The van der Waals surface area contributed by atoms with E-state index in [1.54, 1.807) is 29.2 Å². The highest BCUT2D eigenvalue weighted by atomic mass is 19.1. The maximum atomic E-state index is 13.6. The molecule has 1 saturated heterocycles. The van der Waals surface area contributed by atoms with E-state index in [4.69, 9.17) is 4.74 Å². The number of piperidine rings is 1. The van der Waals surface area contributed by atoms with E-state index in [9.17, 15) is 18.8 Å². The number of ether oxygens (including phenoxy) is 1. The van der Waals surface area contributed by atoms with Gasteiger partial charge >= 0.3 is 5.69 Å². The summed E-state index contributed by atoms with van der Waals surface area (Å²) in [6.07, 6.45) is 2.43. The summed E-state index contributed by atoms with van der Waals surface area (Å²) in [5.74, 6) is -0.766. The maximum Gasteiger partial charge on any atom is 0.330 e. The van der Waals surface area contributed by atoms with Crippen LogP contribution in [0.1, 0.15) is 18.9 Å². The summed E-state index contributed by atoms with van der Waals surface area (Å²) in [5.41, 5.74) is -0.630. The minimum absolute atomic E-state index is 0.0265. The third kappa shape index (κ3) is 3.75. The van der Waals surface area contributed by atoms with Crippen molar-refractivity contribution in [3.63, 3.8) is 0 Å². The average molecular weight is 398 g/mol. The molecule has 1 amide bonds. The molecule has 29 heavy (non-hydrogen) atoms.